The van der Waals surface area contributed by atoms with Gasteiger partial charge in [-0.15, -0.1) is 10.2 Å². The minimum absolute atomic E-state index is 0.0401. The molecule has 0 saturated heterocycles. The molecule has 0 radical (unpaired) electrons. The Labute approximate surface area is 188 Å². The minimum atomic E-state index is -0.0401. The van der Waals surface area contributed by atoms with Crippen LogP contribution in [0.4, 0.5) is 5.69 Å². The number of aryl methyl sites for hydroxylation is 4. The predicted octanol–water partition coefficient (Wildman–Crippen LogP) is 4.83. The van der Waals surface area contributed by atoms with E-state index in [0.29, 0.717) is 5.75 Å². The van der Waals surface area contributed by atoms with Crippen LogP contribution < -0.4 is 10.1 Å². The van der Waals surface area contributed by atoms with Crippen LogP contribution in [0.3, 0.4) is 0 Å². The summed E-state index contributed by atoms with van der Waals surface area (Å²) in [5, 5.41) is 12.5. The average molecular weight is 439 g/mol. The molecule has 7 heteroatoms. The number of carbonyl (C=O) groups excluding carboxylic acids is 1. The van der Waals surface area contributed by atoms with Gasteiger partial charge >= 0.3 is 0 Å². The zero-order chi connectivity index (χ0) is 22.2. The van der Waals surface area contributed by atoms with E-state index in [0.717, 1.165) is 59.4 Å². The lowest BCUT2D eigenvalue weighted by Crippen LogP contribution is -2.15. The molecule has 0 aliphatic rings. The molecule has 164 valence electrons. The number of nitrogens with one attached hydrogen (secondary N) is 1. The molecular weight excluding hydrogens is 408 g/mol. The van der Waals surface area contributed by atoms with E-state index in [1.807, 2.05) is 38.1 Å². The minimum Gasteiger partial charge on any atom is -0.497 e. The first-order valence-corrected chi connectivity index (χ1v) is 11.5. The van der Waals surface area contributed by atoms with Crippen LogP contribution in [0.5, 0.6) is 5.75 Å². The zero-order valence-corrected chi connectivity index (χ0v) is 19.5. The van der Waals surface area contributed by atoms with Gasteiger partial charge in [0.15, 0.2) is 5.16 Å². The fraction of sp³-hybridized carbons (Fsp3) is 0.375. The van der Waals surface area contributed by atoms with E-state index < -0.39 is 0 Å². The molecule has 2 aromatic carbocycles. The maximum atomic E-state index is 12.4. The van der Waals surface area contributed by atoms with E-state index in [1.54, 1.807) is 7.11 Å². The first-order valence-electron chi connectivity index (χ1n) is 10.5. The van der Waals surface area contributed by atoms with Gasteiger partial charge in [-0.2, -0.15) is 0 Å². The highest BCUT2D eigenvalue weighted by atomic mass is 32.2. The number of hydrogen-bond donors (Lipinski definition) is 1. The van der Waals surface area contributed by atoms with Gasteiger partial charge in [0.05, 0.1) is 12.9 Å². The number of thioether (sulfide) groups is 1. The lowest BCUT2D eigenvalue weighted by Gasteiger charge is -2.09. The molecule has 0 saturated carbocycles. The number of ether oxygens (including phenoxy) is 1. The second kappa shape index (κ2) is 11.0. The van der Waals surface area contributed by atoms with Crippen LogP contribution >= 0.6 is 11.8 Å². The second-order valence-electron chi connectivity index (χ2n) is 7.56. The number of hydrogen-bond acceptors (Lipinski definition) is 5. The van der Waals surface area contributed by atoms with Crippen LogP contribution in [0, 0.1) is 13.8 Å². The molecule has 3 rings (SSSR count). The highest BCUT2D eigenvalue weighted by Crippen LogP contribution is 2.20. The Balaban J connectivity index is 1.52. The van der Waals surface area contributed by atoms with E-state index in [4.69, 9.17) is 4.74 Å². The molecule has 1 amide bonds. The number of carbonyl (C=O) groups is 1. The van der Waals surface area contributed by atoms with Crippen molar-refractivity contribution in [2.24, 2.45) is 0 Å². The molecule has 1 aromatic heterocycles. The summed E-state index contributed by atoms with van der Waals surface area (Å²) in [6, 6.07) is 14.2. The summed E-state index contributed by atoms with van der Waals surface area (Å²) < 4.78 is 7.31. The summed E-state index contributed by atoms with van der Waals surface area (Å²) in [5.41, 5.74) is 4.38. The molecule has 1 N–H and O–H groups in total. The monoisotopic (exact) mass is 438 g/mol. The van der Waals surface area contributed by atoms with Gasteiger partial charge in [0.1, 0.15) is 11.6 Å². The van der Waals surface area contributed by atoms with Gasteiger partial charge in [-0.05, 0) is 74.6 Å². The van der Waals surface area contributed by atoms with Crippen LogP contribution in [0.25, 0.3) is 0 Å². The lowest BCUT2D eigenvalue weighted by atomic mass is 10.1. The van der Waals surface area contributed by atoms with Crippen LogP contribution in [0.1, 0.15) is 35.9 Å². The van der Waals surface area contributed by atoms with Gasteiger partial charge in [-0.25, -0.2) is 0 Å². The average Bonchev–Trinajstić information content (AvgIpc) is 3.13. The highest BCUT2D eigenvalue weighted by Gasteiger charge is 2.13. The maximum absolute atomic E-state index is 12.4. The van der Waals surface area contributed by atoms with Crippen molar-refractivity contribution < 1.29 is 9.53 Å². The van der Waals surface area contributed by atoms with Gasteiger partial charge in [0, 0.05) is 18.7 Å². The number of methoxy groups -OCH3 is 1. The van der Waals surface area contributed by atoms with Crippen molar-refractivity contribution in [2.75, 3.05) is 18.2 Å². The molecule has 0 spiro atoms. The summed E-state index contributed by atoms with van der Waals surface area (Å²) in [4.78, 5) is 12.4. The summed E-state index contributed by atoms with van der Waals surface area (Å²) in [6.07, 6.45) is 2.81. The Morgan fingerprint density at radius 3 is 2.42 bits per heavy atom. The van der Waals surface area contributed by atoms with Crippen LogP contribution in [-0.4, -0.2) is 33.5 Å². The fourth-order valence-electron chi connectivity index (χ4n) is 3.55. The third kappa shape index (κ3) is 6.59. The number of benzene rings is 2. The van der Waals surface area contributed by atoms with Crippen molar-refractivity contribution in [3.05, 3.63) is 65.0 Å². The molecule has 31 heavy (non-hydrogen) atoms. The summed E-state index contributed by atoms with van der Waals surface area (Å²) in [7, 11) is 1.68. The Morgan fingerprint density at radius 2 is 1.77 bits per heavy atom. The van der Waals surface area contributed by atoms with Gasteiger partial charge in [-0.1, -0.05) is 30.0 Å². The quantitative estimate of drug-likeness (QED) is 0.459. The fourth-order valence-corrected chi connectivity index (χ4v) is 4.37. The van der Waals surface area contributed by atoms with Gasteiger partial charge in [0.25, 0.3) is 0 Å². The van der Waals surface area contributed by atoms with Gasteiger partial charge < -0.3 is 14.6 Å². The summed E-state index contributed by atoms with van der Waals surface area (Å²) >= 11 is 1.43. The SMILES string of the molecule is CCn1c(CCCc2ccc(OC)cc2)nnc1SCC(=O)Nc1cc(C)cc(C)c1. The van der Waals surface area contributed by atoms with Crippen molar-refractivity contribution in [3.63, 3.8) is 0 Å². The molecule has 6 nitrogen and oxygen atoms in total. The molecule has 0 aliphatic carbocycles. The number of rotatable bonds is 10. The molecule has 3 aromatic rings. The molecule has 0 fully saturated rings. The van der Waals surface area contributed by atoms with Crippen molar-refractivity contribution in [1.29, 1.82) is 0 Å². The third-order valence-corrected chi connectivity index (χ3v) is 5.94. The molecule has 0 unspecified atom stereocenters. The van der Waals surface area contributed by atoms with Gasteiger partial charge in [-0.3, -0.25) is 4.79 Å². The predicted molar refractivity (Wildman–Crippen MR) is 126 cm³/mol. The van der Waals surface area contributed by atoms with Gasteiger partial charge in [0.2, 0.25) is 5.91 Å². The third-order valence-electron chi connectivity index (χ3n) is 4.97. The first kappa shape index (κ1) is 22.9. The first-order chi connectivity index (χ1) is 15.0. The van der Waals surface area contributed by atoms with E-state index in [-0.39, 0.29) is 5.91 Å². The van der Waals surface area contributed by atoms with E-state index in [2.05, 4.69) is 45.2 Å². The highest BCUT2D eigenvalue weighted by molar-refractivity contribution is 7.99. The van der Waals surface area contributed by atoms with Crippen LogP contribution in [-0.2, 0) is 24.2 Å². The standard InChI is InChI=1S/C24H30N4O2S/c1-5-28-22(8-6-7-19-9-11-21(30-4)12-10-19)26-27-24(28)31-16-23(29)25-20-14-17(2)13-18(3)15-20/h9-15H,5-8,16H2,1-4H3,(H,25,29). The van der Waals surface area contributed by atoms with Crippen LogP contribution in [0.15, 0.2) is 47.6 Å². The smallest absolute Gasteiger partial charge is 0.234 e. The van der Waals surface area contributed by atoms with Crippen molar-refractivity contribution in [3.8, 4) is 5.75 Å². The number of amides is 1. The topological polar surface area (TPSA) is 69.0 Å². The Morgan fingerprint density at radius 1 is 1.06 bits per heavy atom. The largest absolute Gasteiger partial charge is 0.497 e. The van der Waals surface area contributed by atoms with E-state index in [1.165, 1.54) is 17.3 Å². The molecule has 1 heterocycles. The zero-order valence-electron chi connectivity index (χ0n) is 18.6. The summed E-state index contributed by atoms with van der Waals surface area (Å²) in [5.74, 6) is 2.10. The molecular formula is C24H30N4O2S. The van der Waals surface area contributed by atoms with Crippen molar-refractivity contribution in [1.82, 2.24) is 14.8 Å². The molecule has 0 aliphatic heterocycles. The number of nitrogens with zero attached hydrogens (tertiary/aromatic N) is 3. The van der Waals surface area contributed by atoms with E-state index >= 15 is 0 Å². The number of anilines is 1. The lowest BCUT2D eigenvalue weighted by molar-refractivity contribution is -0.113. The second-order valence-corrected chi connectivity index (χ2v) is 8.50. The Kier molecular flexibility index (Phi) is 8.12. The normalized spacial score (nSPS) is 10.8. The number of aromatic nitrogens is 3. The Bertz CT molecular complexity index is 995. The van der Waals surface area contributed by atoms with E-state index in [9.17, 15) is 4.79 Å². The Hall–Kier alpha value is -2.80. The maximum Gasteiger partial charge on any atom is 0.234 e. The van der Waals surface area contributed by atoms with Crippen LogP contribution in [0.2, 0.25) is 0 Å². The van der Waals surface area contributed by atoms with Crippen molar-refractivity contribution in [2.45, 2.75) is 51.7 Å². The summed E-state index contributed by atoms with van der Waals surface area (Å²) in [6.45, 7) is 6.91. The molecule has 0 bridgehead atoms. The molecule has 0 atom stereocenters. The van der Waals surface area contributed by atoms with Crippen molar-refractivity contribution >= 4 is 23.4 Å².